The number of nitrogens with one attached hydrogen (secondary N) is 4. The van der Waals surface area contributed by atoms with Crippen LogP contribution in [0.1, 0.15) is 72.1 Å². The van der Waals surface area contributed by atoms with Crippen molar-refractivity contribution in [1.29, 1.82) is 0 Å². The second-order valence-corrected chi connectivity index (χ2v) is 16.8. The Morgan fingerprint density at radius 3 is 2.21 bits per heavy atom. The van der Waals surface area contributed by atoms with Crippen LogP contribution in [0.5, 0.6) is 11.5 Å². The maximum atomic E-state index is 14.5. The number of benzene rings is 2. The number of carbonyl (C=O) groups is 5. The lowest BCUT2D eigenvalue weighted by Gasteiger charge is -2.35. The SMILES string of the molecule is C=C[C@@H]1C[C@]1(NC(=O)[C@@H]1C[C@H](Oc2cc(-c3ccccc3)nc3cc(OC)ccc23)C[C@@H]1C(=O)N[C@H](C(=O)NC(C(=O)NC)C1CCCCC1)C(C)(C)C)C(=O)O. The molecule has 3 fully saturated rings. The Labute approximate surface area is 333 Å². The van der Waals surface area contributed by atoms with Gasteiger partial charge in [0.05, 0.1) is 30.2 Å². The van der Waals surface area contributed by atoms with Crippen molar-refractivity contribution in [1.82, 2.24) is 26.3 Å². The predicted octanol–water partition coefficient (Wildman–Crippen LogP) is 5.17. The first-order valence-corrected chi connectivity index (χ1v) is 19.9. The number of fused-ring (bicyclic) bond motifs is 1. The number of pyridine rings is 1. The highest BCUT2D eigenvalue weighted by atomic mass is 16.5. The average Bonchev–Trinajstić information content (AvgIpc) is 3.77. The number of hydrogen-bond donors (Lipinski definition) is 5. The zero-order valence-corrected chi connectivity index (χ0v) is 33.4. The summed E-state index contributed by atoms with van der Waals surface area (Å²) in [4.78, 5) is 73.1. The molecule has 2 aromatic carbocycles. The number of aromatic nitrogens is 1. The molecule has 7 atom stereocenters. The van der Waals surface area contributed by atoms with Crippen LogP contribution in [0.4, 0.5) is 0 Å². The molecule has 304 valence electrons. The number of rotatable bonds is 14. The normalized spacial score (nSPS) is 24.4. The summed E-state index contributed by atoms with van der Waals surface area (Å²) >= 11 is 0. The van der Waals surface area contributed by atoms with Crippen LogP contribution in [0.3, 0.4) is 0 Å². The first-order valence-electron chi connectivity index (χ1n) is 19.9. The molecule has 6 rings (SSSR count). The topological polar surface area (TPSA) is 185 Å². The van der Waals surface area contributed by atoms with Gasteiger partial charge in [0.2, 0.25) is 23.6 Å². The van der Waals surface area contributed by atoms with Gasteiger partial charge in [-0.1, -0.05) is 76.4 Å². The Hall–Kier alpha value is -5.46. The average molecular weight is 782 g/mol. The quantitative estimate of drug-likeness (QED) is 0.138. The second kappa shape index (κ2) is 17.0. The summed E-state index contributed by atoms with van der Waals surface area (Å²) in [6.45, 7) is 9.21. The van der Waals surface area contributed by atoms with E-state index in [1.54, 1.807) is 20.2 Å². The molecule has 0 bridgehead atoms. The zero-order valence-electron chi connectivity index (χ0n) is 33.4. The Morgan fingerprint density at radius 2 is 1.61 bits per heavy atom. The number of carboxylic acid groups (broad SMARTS) is 1. The van der Waals surface area contributed by atoms with Gasteiger partial charge in [-0.15, -0.1) is 6.58 Å². The van der Waals surface area contributed by atoms with Gasteiger partial charge in [-0.2, -0.15) is 0 Å². The minimum atomic E-state index is -1.51. The van der Waals surface area contributed by atoms with E-state index in [1.165, 1.54) is 6.08 Å². The molecule has 1 unspecified atom stereocenters. The van der Waals surface area contributed by atoms with Crippen molar-refractivity contribution in [2.45, 2.75) is 95.9 Å². The van der Waals surface area contributed by atoms with Crippen molar-refractivity contribution in [2.24, 2.45) is 29.1 Å². The Morgan fingerprint density at radius 1 is 0.930 bits per heavy atom. The van der Waals surface area contributed by atoms with Gasteiger partial charge < -0.3 is 35.8 Å². The maximum Gasteiger partial charge on any atom is 0.330 e. The number of carbonyl (C=O) groups excluding carboxylic acids is 4. The predicted molar refractivity (Wildman–Crippen MR) is 215 cm³/mol. The van der Waals surface area contributed by atoms with E-state index in [2.05, 4.69) is 27.8 Å². The van der Waals surface area contributed by atoms with Gasteiger partial charge in [0, 0.05) is 36.0 Å². The minimum absolute atomic E-state index is 0.0316. The molecule has 4 amide bonds. The molecule has 0 spiro atoms. The number of hydrogen-bond acceptors (Lipinski definition) is 8. The first-order chi connectivity index (χ1) is 27.2. The van der Waals surface area contributed by atoms with Gasteiger partial charge in [-0.3, -0.25) is 19.2 Å². The summed E-state index contributed by atoms with van der Waals surface area (Å²) < 4.78 is 12.2. The maximum absolute atomic E-state index is 14.5. The molecule has 0 aliphatic heterocycles. The van der Waals surface area contributed by atoms with Crippen LogP contribution in [0, 0.1) is 29.1 Å². The van der Waals surface area contributed by atoms with Crippen molar-refractivity contribution in [2.75, 3.05) is 14.2 Å². The van der Waals surface area contributed by atoms with E-state index in [9.17, 15) is 29.1 Å². The molecule has 3 aliphatic rings. The summed E-state index contributed by atoms with van der Waals surface area (Å²) in [7, 11) is 3.12. The lowest BCUT2D eigenvalue weighted by Crippen LogP contribution is -2.60. The van der Waals surface area contributed by atoms with Crippen molar-refractivity contribution >= 4 is 40.5 Å². The number of nitrogens with zero attached hydrogens (tertiary/aromatic N) is 1. The van der Waals surface area contributed by atoms with Crippen LogP contribution >= 0.6 is 0 Å². The molecule has 13 heteroatoms. The van der Waals surface area contributed by atoms with E-state index in [0.29, 0.717) is 28.1 Å². The minimum Gasteiger partial charge on any atom is -0.497 e. The van der Waals surface area contributed by atoms with Gasteiger partial charge in [0.1, 0.15) is 35.2 Å². The third-order valence-electron chi connectivity index (χ3n) is 11.9. The van der Waals surface area contributed by atoms with Gasteiger partial charge in [0.15, 0.2) is 0 Å². The highest BCUT2D eigenvalue weighted by molar-refractivity contribution is 5.97. The number of carboxylic acids is 1. The molecule has 3 saturated carbocycles. The van der Waals surface area contributed by atoms with E-state index in [4.69, 9.17) is 14.5 Å². The molecule has 57 heavy (non-hydrogen) atoms. The van der Waals surface area contributed by atoms with Crippen molar-refractivity contribution in [3.63, 3.8) is 0 Å². The Bertz CT molecular complexity index is 2010. The number of likely N-dealkylation sites (N-methyl/N-ethyl adjacent to an activating group) is 1. The number of ether oxygens (including phenoxy) is 2. The molecule has 0 radical (unpaired) electrons. The van der Waals surface area contributed by atoms with Crippen LogP contribution in [0.25, 0.3) is 22.2 Å². The van der Waals surface area contributed by atoms with Crippen LogP contribution < -0.4 is 30.7 Å². The molecule has 1 aromatic heterocycles. The summed E-state index contributed by atoms with van der Waals surface area (Å²) in [5, 5.41) is 22.2. The largest absolute Gasteiger partial charge is 0.497 e. The summed E-state index contributed by atoms with van der Waals surface area (Å²) in [6, 6.07) is 15.1. The highest BCUT2D eigenvalue weighted by Gasteiger charge is 2.61. The van der Waals surface area contributed by atoms with Crippen LogP contribution in [-0.4, -0.2) is 77.6 Å². The zero-order chi connectivity index (χ0) is 41.1. The highest BCUT2D eigenvalue weighted by Crippen LogP contribution is 2.46. The Balaban J connectivity index is 1.30. The fourth-order valence-electron chi connectivity index (χ4n) is 8.51. The van der Waals surface area contributed by atoms with E-state index >= 15 is 0 Å². The molecule has 13 nitrogen and oxygen atoms in total. The van der Waals surface area contributed by atoms with Gasteiger partial charge >= 0.3 is 5.97 Å². The van der Waals surface area contributed by atoms with E-state index in [1.807, 2.05) is 69.3 Å². The summed E-state index contributed by atoms with van der Waals surface area (Å²) in [6.07, 6.45) is 5.90. The van der Waals surface area contributed by atoms with E-state index in [-0.39, 0.29) is 31.1 Å². The molecule has 1 heterocycles. The van der Waals surface area contributed by atoms with Gasteiger partial charge in [-0.25, -0.2) is 9.78 Å². The smallest absolute Gasteiger partial charge is 0.330 e. The number of amides is 4. The number of aliphatic carboxylic acids is 1. The monoisotopic (exact) mass is 781 g/mol. The first kappa shape index (κ1) is 41.2. The lowest BCUT2D eigenvalue weighted by atomic mass is 9.82. The molecular formula is C44H55N5O8. The summed E-state index contributed by atoms with van der Waals surface area (Å²) in [5.74, 6) is -4.42. The number of methoxy groups -OCH3 is 1. The standard InChI is InChI=1S/C44H55N5O8/c1-7-27-24-44(27,42(54)55)49-39(51)32-21-29(57-35-23-33(25-14-10-8-11-15-25)46-34-22-28(56-6)18-19-30(34)35)20-31(32)38(50)48-37(43(2,3)4)41(53)47-36(40(52)45-5)26-16-12-9-13-17-26/h7-8,10-11,14-15,18-19,22-23,26-27,29,31-32,36-37H,1,9,12-13,16-17,20-21,24H2,2-6H3,(H,45,52)(H,47,53)(H,48,50)(H,49,51)(H,54,55)/t27-,29-,31+,32-,36?,37-,44-/m1/s1. The molecule has 3 aromatic rings. The molecule has 5 N–H and O–H groups in total. The third kappa shape index (κ3) is 8.92. The van der Waals surface area contributed by atoms with Gasteiger partial charge in [0.25, 0.3) is 0 Å². The third-order valence-corrected chi connectivity index (χ3v) is 11.9. The van der Waals surface area contributed by atoms with Crippen LogP contribution in [0.2, 0.25) is 0 Å². The Kier molecular flexibility index (Phi) is 12.2. The van der Waals surface area contributed by atoms with Crippen LogP contribution in [-0.2, 0) is 24.0 Å². The van der Waals surface area contributed by atoms with Crippen molar-refractivity contribution in [3.8, 4) is 22.8 Å². The van der Waals surface area contributed by atoms with E-state index < -0.39 is 70.6 Å². The molecular weight excluding hydrogens is 727 g/mol. The van der Waals surface area contributed by atoms with Crippen LogP contribution in [0.15, 0.2) is 67.3 Å². The van der Waals surface area contributed by atoms with Crippen molar-refractivity contribution < 1.29 is 38.6 Å². The second-order valence-electron chi connectivity index (χ2n) is 16.8. The van der Waals surface area contributed by atoms with Crippen molar-refractivity contribution in [3.05, 3.63) is 67.3 Å². The lowest BCUT2D eigenvalue weighted by molar-refractivity contribution is -0.145. The molecule has 3 aliphatic carbocycles. The summed E-state index contributed by atoms with van der Waals surface area (Å²) in [5.41, 5.74) is -0.146. The fraction of sp³-hybridized carbons (Fsp3) is 0.500. The van der Waals surface area contributed by atoms with Gasteiger partial charge in [-0.05, 0) is 55.6 Å². The fourth-order valence-corrected chi connectivity index (χ4v) is 8.51. The molecule has 0 saturated heterocycles. The van der Waals surface area contributed by atoms with E-state index in [0.717, 1.165) is 37.7 Å².